The van der Waals surface area contributed by atoms with Gasteiger partial charge in [-0.25, -0.2) is 0 Å². The van der Waals surface area contributed by atoms with E-state index < -0.39 is 36.9 Å². The first kappa shape index (κ1) is 12.1. The van der Waals surface area contributed by atoms with Crippen molar-refractivity contribution in [2.24, 2.45) is 5.11 Å². The van der Waals surface area contributed by atoms with Gasteiger partial charge in [-0.2, -0.15) is 0 Å². The van der Waals surface area contributed by atoms with Crippen molar-refractivity contribution in [1.82, 2.24) is 0 Å². The average molecular weight is 221 g/mol. The molecule has 0 radical (unpaired) electrons. The molecule has 0 aromatic carbocycles. The molecule has 0 aliphatic carbocycles. The molecule has 15 heavy (non-hydrogen) atoms. The van der Waals surface area contributed by atoms with E-state index in [1.54, 1.807) is 0 Å². The van der Waals surface area contributed by atoms with Crippen LogP contribution in [0.4, 0.5) is 0 Å². The van der Waals surface area contributed by atoms with Crippen molar-refractivity contribution in [3.63, 3.8) is 0 Å². The molecule has 9 heteroatoms. The van der Waals surface area contributed by atoms with Gasteiger partial charge in [-0.1, -0.05) is 5.11 Å². The first-order valence-corrected chi connectivity index (χ1v) is 4.06. The number of nitrogens with zero attached hydrogens (tertiary/aromatic N) is 3. The van der Waals surface area contributed by atoms with Crippen LogP contribution in [0.5, 0.6) is 0 Å². The molecule has 0 amide bonds. The minimum Gasteiger partial charge on any atom is -0.394 e. The van der Waals surface area contributed by atoms with Crippen molar-refractivity contribution in [3.8, 4) is 0 Å². The van der Waals surface area contributed by atoms with Gasteiger partial charge < -0.3 is 30.3 Å². The van der Waals surface area contributed by atoms with Gasteiger partial charge in [0.2, 0.25) is 5.72 Å². The SMILES string of the molecule is [N-]=[N+]=N[C@]1(O)[C@H](O)O[C@H](CO)[C@@H](O)[C@@H]1O. The number of hydrogen-bond acceptors (Lipinski definition) is 7. The highest BCUT2D eigenvalue weighted by Gasteiger charge is 2.54. The molecular weight excluding hydrogens is 210 g/mol. The smallest absolute Gasteiger partial charge is 0.223 e. The molecule has 5 N–H and O–H groups in total. The Bertz CT molecular complexity index is 282. The summed E-state index contributed by atoms with van der Waals surface area (Å²) < 4.78 is 4.57. The van der Waals surface area contributed by atoms with Gasteiger partial charge in [0.05, 0.1) is 6.61 Å². The molecule has 1 aliphatic heterocycles. The lowest BCUT2D eigenvalue weighted by Gasteiger charge is -2.43. The number of rotatable bonds is 2. The van der Waals surface area contributed by atoms with Gasteiger partial charge in [0.25, 0.3) is 0 Å². The van der Waals surface area contributed by atoms with Crippen LogP contribution in [0.2, 0.25) is 0 Å². The maximum atomic E-state index is 9.50. The van der Waals surface area contributed by atoms with E-state index in [-0.39, 0.29) is 0 Å². The Labute approximate surface area is 83.8 Å². The lowest BCUT2D eigenvalue weighted by atomic mass is 9.94. The van der Waals surface area contributed by atoms with Crippen molar-refractivity contribution in [1.29, 1.82) is 0 Å². The van der Waals surface area contributed by atoms with Crippen molar-refractivity contribution in [2.75, 3.05) is 6.61 Å². The Kier molecular flexibility index (Phi) is 3.47. The predicted molar refractivity (Wildman–Crippen MR) is 44.1 cm³/mol. The van der Waals surface area contributed by atoms with Gasteiger partial charge in [0, 0.05) is 4.91 Å². The van der Waals surface area contributed by atoms with Gasteiger partial charge in [-0.05, 0) is 5.53 Å². The van der Waals surface area contributed by atoms with Crippen LogP contribution in [-0.2, 0) is 4.74 Å². The molecule has 0 bridgehead atoms. The highest BCUT2D eigenvalue weighted by Crippen LogP contribution is 2.29. The fourth-order valence-electron chi connectivity index (χ4n) is 1.28. The van der Waals surface area contributed by atoms with Crippen molar-refractivity contribution >= 4 is 0 Å². The van der Waals surface area contributed by atoms with E-state index in [4.69, 9.17) is 10.6 Å². The molecule has 5 atom stereocenters. The van der Waals surface area contributed by atoms with Gasteiger partial charge in [0.15, 0.2) is 6.29 Å². The third kappa shape index (κ3) is 1.90. The highest BCUT2D eigenvalue weighted by atomic mass is 16.6. The summed E-state index contributed by atoms with van der Waals surface area (Å²) in [7, 11) is 0. The fraction of sp³-hybridized carbons (Fsp3) is 1.00. The van der Waals surface area contributed by atoms with Crippen LogP contribution < -0.4 is 0 Å². The molecule has 0 aromatic rings. The second-order valence-corrected chi connectivity index (χ2v) is 3.12. The molecule has 1 rings (SSSR count). The van der Waals surface area contributed by atoms with E-state index in [2.05, 4.69) is 14.8 Å². The molecule has 1 aliphatic rings. The number of aliphatic hydroxyl groups excluding tert-OH is 4. The Morgan fingerprint density at radius 1 is 1.40 bits per heavy atom. The second kappa shape index (κ2) is 4.29. The van der Waals surface area contributed by atoms with Crippen LogP contribution in [-0.4, -0.2) is 62.5 Å². The second-order valence-electron chi connectivity index (χ2n) is 3.12. The summed E-state index contributed by atoms with van der Waals surface area (Å²) in [6, 6.07) is 0. The van der Waals surface area contributed by atoms with E-state index in [1.165, 1.54) is 0 Å². The summed E-state index contributed by atoms with van der Waals surface area (Å²) >= 11 is 0. The maximum absolute atomic E-state index is 9.50. The number of ether oxygens (including phenoxy) is 1. The first-order valence-electron chi connectivity index (χ1n) is 4.06. The Morgan fingerprint density at radius 2 is 2.00 bits per heavy atom. The zero-order valence-electron chi connectivity index (χ0n) is 7.50. The first-order chi connectivity index (χ1) is 6.97. The molecular formula is C6H11N3O6. The monoisotopic (exact) mass is 221 g/mol. The largest absolute Gasteiger partial charge is 0.394 e. The highest BCUT2D eigenvalue weighted by molar-refractivity contribution is 4.98. The van der Waals surface area contributed by atoms with E-state index in [1.807, 2.05) is 0 Å². The number of azide groups is 1. The standard InChI is InChI=1S/C6H11N3O6/c7-9-8-6(14)4(12)3(11)2(1-10)15-5(6)13/h2-5,10-14H,1H2/t2-,3-,4+,5-,6-/m1/s1. The summed E-state index contributed by atoms with van der Waals surface area (Å²) in [6.45, 7) is -0.665. The molecule has 9 nitrogen and oxygen atoms in total. The lowest BCUT2D eigenvalue weighted by Crippen LogP contribution is -2.65. The van der Waals surface area contributed by atoms with E-state index >= 15 is 0 Å². The molecule has 0 spiro atoms. The van der Waals surface area contributed by atoms with E-state index in [0.29, 0.717) is 0 Å². The maximum Gasteiger partial charge on any atom is 0.223 e. The van der Waals surface area contributed by atoms with E-state index in [0.717, 1.165) is 0 Å². The quantitative estimate of drug-likeness (QED) is 0.195. The zero-order valence-corrected chi connectivity index (χ0v) is 7.50. The predicted octanol–water partition coefficient (Wildman–Crippen LogP) is -2.58. The molecule has 0 unspecified atom stereocenters. The molecule has 1 fully saturated rings. The van der Waals surface area contributed by atoms with Crippen molar-refractivity contribution in [3.05, 3.63) is 10.4 Å². The normalized spacial score (nSPS) is 45.9. The molecule has 0 saturated carbocycles. The average Bonchev–Trinajstić information content (AvgIpc) is 2.21. The Morgan fingerprint density at radius 3 is 2.47 bits per heavy atom. The Balaban J connectivity index is 2.97. The van der Waals surface area contributed by atoms with Crippen LogP contribution in [0, 0.1) is 0 Å². The third-order valence-electron chi connectivity index (χ3n) is 2.19. The van der Waals surface area contributed by atoms with Crippen LogP contribution in [0.3, 0.4) is 0 Å². The zero-order chi connectivity index (χ0) is 11.6. The third-order valence-corrected chi connectivity index (χ3v) is 2.19. The fourth-order valence-corrected chi connectivity index (χ4v) is 1.28. The summed E-state index contributed by atoms with van der Waals surface area (Å²) in [4.78, 5) is 2.22. The van der Waals surface area contributed by atoms with Crippen LogP contribution in [0.25, 0.3) is 10.4 Å². The van der Waals surface area contributed by atoms with Crippen molar-refractivity contribution in [2.45, 2.75) is 30.3 Å². The number of aliphatic hydroxyl groups is 5. The van der Waals surface area contributed by atoms with Gasteiger partial charge in [-0.3, -0.25) is 0 Å². The van der Waals surface area contributed by atoms with Crippen LogP contribution >= 0.6 is 0 Å². The summed E-state index contributed by atoms with van der Waals surface area (Å²) in [6.07, 6.45) is -6.91. The Hall–Kier alpha value is -0.930. The van der Waals surface area contributed by atoms with Gasteiger partial charge >= 0.3 is 0 Å². The minimum absolute atomic E-state index is 0.665. The molecule has 1 saturated heterocycles. The molecule has 1 heterocycles. The summed E-state index contributed by atoms with van der Waals surface area (Å²) in [5.41, 5.74) is 5.45. The number of hydrogen-bond donors (Lipinski definition) is 5. The molecule has 0 aromatic heterocycles. The van der Waals surface area contributed by atoms with Gasteiger partial charge in [0.1, 0.15) is 18.3 Å². The van der Waals surface area contributed by atoms with Gasteiger partial charge in [-0.15, -0.1) is 0 Å². The van der Waals surface area contributed by atoms with Crippen molar-refractivity contribution < 1.29 is 30.3 Å². The molecule has 86 valence electrons. The summed E-state index contributed by atoms with van der Waals surface area (Å²) in [5, 5.41) is 48.9. The van der Waals surface area contributed by atoms with Crippen LogP contribution in [0.15, 0.2) is 5.11 Å². The minimum atomic E-state index is -2.67. The van der Waals surface area contributed by atoms with E-state index in [9.17, 15) is 20.4 Å². The lowest BCUT2D eigenvalue weighted by molar-refractivity contribution is -0.327. The van der Waals surface area contributed by atoms with Crippen LogP contribution in [0.1, 0.15) is 0 Å². The topological polar surface area (TPSA) is 159 Å². The summed E-state index contributed by atoms with van der Waals surface area (Å²) in [5.74, 6) is 0.